The molecule has 1 fully saturated rings. The summed E-state index contributed by atoms with van der Waals surface area (Å²) >= 11 is 0. The monoisotopic (exact) mass is 483 g/mol. The number of carbonyl (C=O) groups is 2. The molecule has 10 heteroatoms. The molecular weight excluding hydrogens is 450 g/mol. The summed E-state index contributed by atoms with van der Waals surface area (Å²) < 4.78 is 10.8. The molecule has 2 aromatic rings. The predicted molar refractivity (Wildman–Crippen MR) is 130 cm³/mol. The predicted octanol–water partition coefficient (Wildman–Crippen LogP) is 0.950. The summed E-state index contributed by atoms with van der Waals surface area (Å²) in [5.41, 5.74) is 9.23. The quantitative estimate of drug-likeness (QED) is 0.0899. The Morgan fingerprint density at radius 1 is 1.06 bits per heavy atom. The van der Waals surface area contributed by atoms with Crippen molar-refractivity contribution in [2.24, 2.45) is 11.7 Å². The Morgan fingerprint density at radius 2 is 1.60 bits per heavy atom. The molecule has 0 bridgehead atoms. The van der Waals surface area contributed by atoms with Crippen LogP contribution in [0.2, 0.25) is 0 Å². The summed E-state index contributed by atoms with van der Waals surface area (Å²) in [7, 11) is 0. The van der Waals surface area contributed by atoms with E-state index >= 15 is 0 Å². The van der Waals surface area contributed by atoms with E-state index in [-0.39, 0.29) is 25.6 Å². The number of piperidine rings is 1. The lowest BCUT2D eigenvalue weighted by Crippen LogP contribution is -2.66. The molecule has 1 heterocycles. The normalized spacial score (nSPS) is 16.7. The highest BCUT2D eigenvalue weighted by Gasteiger charge is 2.54. The smallest absolute Gasteiger partial charge is 0.352 e. The summed E-state index contributed by atoms with van der Waals surface area (Å²) in [5.74, 6) is -2.67. The zero-order valence-corrected chi connectivity index (χ0v) is 19.5. The van der Waals surface area contributed by atoms with Crippen LogP contribution in [0.25, 0.3) is 0 Å². The van der Waals surface area contributed by atoms with Gasteiger partial charge in [0.1, 0.15) is 13.2 Å². The van der Waals surface area contributed by atoms with Crippen molar-refractivity contribution >= 4 is 17.9 Å². The summed E-state index contributed by atoms with van der Waals surface area (Å²) in [6, 6.07) is 16.7. The van der Waals surface area contributed by atoms with E-state index in [2.05, 4.69) is 16.2 Å². The number of guanidine groups is 1. The molecule has 1 saturated heterocycles. The van der Waals surface area contributed by atoms with Gasteiger partial charge in [0.05, 0.1) is 6.04 Å². The van der Waals surface area contributed by atoms with Crippen molar-refractivity contribution in [3.05, 3.63) is 71.8 Å². The SMILES string of the molecule is N=C(N)NN[C@@H](C[C@H]1CCCNC1)C(O)(C(=O)OCc1ccccc1)C(=O)OCc1ccccc1. The van der Waals surface area contributed by atoms with Crippen LogP contribution in [0, 0.1) is 11.3 Å². The third-order valence-corrected chi connectivity index (χ3v) is 5.90. The van der Waals surface area contributed by atoms with Gasteiger partial charge in [-0.05, 0) is 49.4 Å². The number of rotatable bonds is 11. The number of carbonyl (C=O) groups excluding carboxylic acids is 2. The fraction of sp³-hybridized carbons (Fsp3) is 0.400. The number of hydrazine groups is 1. The van der Waals surface area contributed by atoms with Crippen LogP contribution in [-0.2, 0) is 32.3 Å². The Balaban J connectivity index is 1.84. The van der Waals surface area contributed by atoms with Crippen LogP contribution in [0.3, 0.4) is 0 Å². The highest BCUT2D eigenvalue weighted by Crippen LogP contribution is 2.26. The van der Waals surface area contributed by atoms with Crippen molar-refractivity contribution in [2.45, 2.75) is 44.1 Å². The van der Waals surface area contributed by atoms with Crippen LogP contribution < -0.4 is 21.9 Å². The van der Waals surface area contributed by atoms with E-state index < -0.39 is 29.5 Å². The number of nitrogens with one attached hydrogen (secondary N) is 4. The van der Waals surface area contributed by atoms with Gasteiger partial charge >= 0.3 is 11.9 Å². The van der Waals surface area contributed by atoms with Gasteiger partial charge < -0.3 is 25.6 Å². The van der Waals surface area contributed by atoms with Crippen LogP contribution in [0.5, 0.6) is 0 Å². The molecule has 0 aliphatic carbocycles. The minimum atomic E-state index is -2.69. The lowest BCUT2D eigenvalue weighted by molar-refractivity contribution is -0.190. The molecule has 0 amide bonds. The average Bonchev–Trinajstić information content (AvgIpc) is 2.89. The molecule has 2 aromatic carbocycles. The summed E-state index contributed by atoms with van der Waals surface area (Å²) in [6.07, 6.45) is 2.00. The fourth-order valence-electron chi connectivity index (χ4n) is 3.99. The second kappa shape index (κ2) is 12.8. The van der Waals surface area contributed by atoms with Crippen LogP contribution in [0.4, 0.5) is 0 Å². The van der Waals surface area contributed by atoms with Gasteiger partial charge in [0.15, 0.2) is 5.96 Å². The Morgan fingerprint density at radius 3 is 2.06 bits per heavy atom. The molecule has 1 aliphatic rings. The first-order chi connectivity index (χ1) is 16.9. The summed E-state index contributed by atoms with van der Waals surface area (Å²) in [5, 5.41) is 22.4. The zero-order valence-electron chi connectivity index (χ0n) is 19.5. The van der Waals surface area contributed by atoms with E-state index in [1.807, 2.05) is 12.1 Å². The number of hydrogen-bond donors (Lipinski definition) is 6. The minimum Gasteiger partial charge on any atom is -0.458 e. The Kier molecular flexibility index (Phi) is 9.59. The summed E-state index contributed by atoms with van der Waals surface area (Å²) in [6.45, 7) is 1.27. The second-order valence-corrected chi connectivity index (χ2v) is 8.57. The number of ether oxygens (including phenoxy) is 2. The topological polar surface area (TPSA) is 159 Å². The molecule has 0 aromatic heterocycles. The lowest BCUT2D eigenvalue weighted by atomic mass is 9.84. The Bertz CT molecular complexity index is 911. The number of aliphatic hydroxyl groups is 1. The average molecular weight is 484 g/mol. The molecular formula is C25H33N5O5. The van der Waals surface area contributed by atoms with Gasteiger partial charge in [-0.3, -0.25) is 10.8 Å². The maximum atomic E-state index is 13.3. The van der Waals surface area contributed by atoms with Crippen LogP contribution in [0.15, 0.2) is 60.7 Å². The van der Waals surface area contributed by atoms with Crippen molar-refractivity contribution < 1.29 is 24.2 Å². The van der Waals surface area contributed by atoms with Crippen molar-refractivity contribution in [3.8, 4) is 0 Å². The van der Waals surface area contributed by atoms with Crippen LogP contribution in [-0.4, -0.2) is 47.7 Å². The maximum absolute atomic E-state index is 13.3. The molecule has 188 valence electrons. The van der Waals surface area contributed by atoms with Crippen molar-refractivity contribution in [3.63, 3.8) is 0 Å². The first kappa shape index (κ1) is 26.1. The van der Waals surface area contributed by atoms with Crippen LogP contribution >= 0.6 is 0 Å². The Labute approximate surface area is 204 Å². The summed E-state index contributed by atoms with van der Waals surface area (Å²) in [4.78, 5) is 26.6. The van der Waals surface area contributed by atoms with Gasteiger partial charge in [0.2, 0.25) is 0 Å². The van der Waals surface area contributed by atoms with E-state index in [9.17, 15) is 14.7 Å². The minimum absolute atomic E-state index is 0.0605. The maximum Gasteiger partial charge on any atom is 0.352 e. The molecule has 3 rings (SSSR count). The number of hydrogen-bond acceptors (Lipinski definition) is 8. The number of benzene rings is 2. The van der Waals surface area contributed by atoms with Crippen LogP contribution in [0.1, 0.15) is 30.4 Å². The lowest BCUT2D eigenvalue weighted by Gasteiger charge is -2.35. The van der Waals surface area contributed by atoms with Gasteiger partial charge in [-0.1, -0.05) is 60.7 Å². The van der Waals surface area contributed by atoms with Gasteiger partial charge in [-0.15, -0.1) is 0 Å². The molecule has 7 N–H and O–H groups in total. The van der Waals surface area contributed by atoms with Gasteiger partial charge in [-0.25, -0.2) is 15.0 Å². The molecule has 0 spiro atoms. The fourth-order valence-corrected chi connectivity index (χ4v) is 3.99. The van der Waals surface area contributed by atoms with E-state index in [0.29, 0.717) is 17.7 Å². The molecule has 35 heavy (non-hydrogen) atoms. The van der Waals surface area contributed by atoms with E-state index in [1.165, 1.54) is 0 Å². The number of esters is 2. The van der Waals surface area contributed by atoms with Crippen molar-refractivity contribution in [1.29, 1.82) is 5.41 Å². The van der Waals surface area contributed by atoms with Gasteiger partial charge in [0.25, 0.3) is 5.60 Å². The molecule has 0 unspecified atom stereocenters. The first-order valence-electron chi connectivity index (χ1n) is 11.6. The van der Waals surface area contributed by atoms with Crippen molar-refractivity contribution in [1.82, 2.24) is 16.2 Å². The van der Waals surface area contributed by atoms with Gasteiger partial charge in [0, 0.05) is 0 Å². The second-order valence-electron chi connectivity index (χ2n) is 8.57. The van der Waals surface area contributed by atoms with E-state index in [0.717, 1.165) is 19.4 Å². The molecule has 2 atom stereocenters. The largest absolute Gasteiger partial charge is 0.458 e. The number of nitrogens with two attached hydrogens (primary N) is 1. The first-order valence-corrected chi connectivity index (χ1v) is 11.6. The highest BCUT2D eigenvalue weighted by atomic mass is 16.6. The third-order valence-electron chi connectivity index (χ3n) is 5.90. The van der Waals surface area contributed by atoms with Gasteiger partial charge in [-0.2, -0.15) is 0 Å². The molecule has 10 nitrogen and oxygen atoms in total. The Hall–Kier alpha value is -3.47. The highest BCUT2D eigenvalue weighted by molar-refractivity contribution is 6.04. The molecule has 0 saturated carbocycles. The van der Waals surface area contributed by atoms with Crippen molar-refractivity contribution in [2.75, 3.05) is 13.1 Å². The third kappa shape index (κ3) is 7.51. The molecule has 0 radical (unpaired) electrons. The molecule has 1 aliphatic heterocycles. The van der Waals surface area contributed by atoms with E-state index in [4.69, 9.17) is 20.6 Å². The zero-order chi connectivity index (χ0) is 25.1. The van der Waals surface area contributed by atoms with E-state index in [1.54, 1.807) is 48.5 Å². The standard InChI is InChI=1S/C25H33N5O5/c26-24(27)30-29-21(14-20-12-7-13-28-15-20)25(33,22(31)34-16-18-8-3-1-4-9-18)23(32)35-17-19-10-5-2-6-11-19/h1-6,8-11,20-21,28-29,33H,7,12-17H2,(H4,26,27,30)/t20-,21+/m1/s1.